The summed E-state index contributed by atoms with van der Waals surface area (Å²) in [5, 5.41) is 13.8. The second-order valence-corrected chi connectivity index (χ2v) is 3.38. The fourth-order valence-corrected chi connectivity index (χ4v) is 1.38. The van der Waals surface area contributed by atoms with Crippen LogP contribution in [0.5, 0.6) is 0 Å². The molecule has 14 heavy (non-hydrogen) atoms. The van der Waals surface area contributed by atoms with E-state index in [0.29, 0.717) is 25.8 Å². The summed E-state index contributed by atoms with van der Waals surface area (Å²) < 4.78 is 0. The van der Waals surface area contributed by atoms with Gasteiger partial charge in [0.2, 0.25) is 11.8 Å². The number of nitrogens with one attached hydrogen (secondary N) is 2. The topological polar surface area (TPSA) is 78.4 Å². The van der Waals surface area contributed by atoms with Crippen LogP contribution in [0.2, 0.25) is 0 Å². The maximum absolute atomic E-state index is 11.4. The molecule has 5 heteroatoms. The molecule has 5 nitrogen and oxygen atoms in total. The molecule has 80 valence electrons. The Labute approximate surface area is 82.9 Å². The van der Waals surface area contributed by atoms with E-state index in [-0.39, 0.29) is 24.5 Å². The standard InChI is InChI=1S/C9H16N2O3/c12-6-2-1-5-10-9(14)7-3-4-8(13)11-7/h7,12H,1-6H2,(H,10,14)(H,11,13)/t7-/m0/s1. The van der Waals surface area contributed by atoms with Gasteiger partial charge in [-0.2, -0.15) is 0 Å². The van der Waals surface area contributed by atoms with Crippen molar-refractivity contribution in [2.24, 2.45) is 0 Å². The summed E-state index contributed by atoms with van der Waals surface area (Å²) in [6.07, 6.45) is 2.49. The van der Waals surface area contributed by atoms with E-state index in [9.17, 15) is 9.59 Å². The lowest BCUT2D eigenvalue weighted by molar-refractivity contribution is -0.125. The van der Waals surface area contributed by atoms with Gasteiger partial charge in [-0.1, -0.05) is 0 Å². The first-order valence-electron chi connectivity index (χ1n) is 4.92. The van der Waals surface area contributed by atoms with Crippen LogP contribution in [-0.4, -0.2) is 36.1 Å². The van der Waals surface area contributed by atoms with Gasteiger partial charge in [-0.15, -0.1) is 0 Å². The van der Waals surface area contributed by atoms with Gasteiger partial charge in [-0.3, -0.25) is 9.59 Å². The van der Waals surface area contributed by atoms with E-state index in [1.54, 1.807) is 0 Å². The molecule has 0 saturated carbocycles. The Balaban J connectivity index is 2.12. The second-order valence-electron chi connectivity index (χ2n) is 3.38. The molecule has 0 aromatic carbocycles. The first-order valence-corrected chi connectivity index (χ1v) is 4.92. The molecule has 2 amide bonds. The maximum atomic E-state index is 11.4. The summed E-state index contributed by atoms with van der Waals surface area (Å²) >= 11 is 0. The minimum absolute atomic E-state index is 0.0551. The minimum atomic E-state index is -0.350. The first-order chi connectivity index (χ1) is 6.74. The lowest BCUT2D eigenvalue weighted by Crippen LogP contribution is -2.41. The number of hydrogen-bond acceptors (Lipinski definition) is 3. The number of amides is 2. The lowest BCUT2D eigenvalue weighted by Gasteiger charge is -2.10. The highest BCUT2D eigenvalue weighted by Gasteiger charge is 2.26. The summed E-state index contributed by atoms with van der Waals surface area (Å²) in [5.41, 5.74) is 0. The van der Waals surface area contributed by atoms with Gasteiger partial charge in [-0.25, -0.2) is 0 Å². The number of aliphatic hydroxyl groups is 1. The van der Waals surface area contributed by atoms with Crippen LogP contribution in [0.4, 0.5) is 0 Å². The van der Waals surface area contributed by atoms with Crippen molar-refractivity contribution in [2.75, 3.05) is 13.2 Å². The highest BCUT2D eigenvalue weighted by Crippen LogP contribution is 2.05. The van der Waals surface area contributed by atoms with Gasteiger partial charge in [0.1, 0.15) is 6.04 Å². The molecular formula is C9H16N2O3. The van der Waals surface area contributed by atoms with E-state index in [1.807, 2.05) is 0 Å². The van der Waals surface area contributed by atoms with Crippen LogP contribution in [0.1, 0.15) is 25.7 Å². The molecule has 3 N–H and O–H groups in total. The highest BCUT2D eigenvalue weighted by atomic mass is 16.3. The molecule has 0 radical (unpaired) electrons. The molecule has 1 atom stereocenters. The van der Waals surface area contributed by atoms with E-state index in [2.05, 4.69) is 10.6 Å². The summed E-state index contributed by atoms with van der Waals surface area (Å²) in [4.78, 5) is 22.2. The van der Waals surface area contributed by atoms with E-state index >= 15 is 0 Å². The molecule has 0 aliphatic carbocycles. The Morgan fingerprint density at radius 2 is 2.36 bits per heavy atom. The van der Waals surface area contributed by atoms with Gasteiger partial charge in [0, 0.05) is 19.6 Å². The molecule has 0 spiro atoms. The summed E-state index contributed by atoms with van der Waals surface area (Å²) in [6.45, 7) is 0.710. The SMILES string of the molecule is O=C1CC[C@@H](C(=O)NCCCCO)N1. The van der Waals surface area contributed by atoms with Crippen molar-refractivity contribution in [3.8, 4) is 0 Å². The van der Waals surface area contributed by atoms with Crippen molar-refractivity contribution < 1.29 is 14.7 Å². The third-order valence-corrected chi connectivity index (χ3v) is 2.20. The van der Waals surface area contributed by atoms with Gasteiger partial charge < -0.3 is 15.7 Å². The zero-order valence-corrected chi connectivity index (χ0v) is 8.08. The van der Waals surface area contributed by atoms with Crippen LogP contribution in [0.15, 0.2) is 0 Å². The van der Waals surface area contributed by atoms with Crippen LogP contribution in [0.25, 0.3) is 0 Å². The Bertz CT molecular complexity index is 218. The van der Waals surface area contributed by atoms with Crippen LogP contribution < -0.4 is 10.6 Å². The predicted octanol–water partition coefficient (Wildman–Crippen LogP) is -0.846. The summed E-state index contributed by atoms with van der Waals surface area (Å²) in [5.74, 6) is -0.172. The summed E-state index contributed by atoms with van der Waals surface area (Å²) in [6, 6.07) is -0.350. The number of hydrogen-bond donors (Lipinski definition) is 3. The molecule has 1 saturated heterocycles. The highest BCUT2D eigenvalue weighted by molar-refractivity contribution is 5.90. The number of carbonyl (C=O) groups is 2. The van der Waals surface area contributed by atoms with Gasteiger partial charge in [0.25, 0.3) is 0 Å². The summed E-state index contributed by atoms with van der Waals surface area (Å²) in [7, 11) is 0. The second kappa shape index (κ2) is 5.59. The van der Waals surface area contributed by atoms with E-state index in [4.69, 9.17) is 5.11 Å². The van der Waals surface area contributed by atoms with Gasteiger partial charge in [0.05, 0.1) is 0 Å². The molecule has 1 aliphatic rings. The molecule has 0 unspecified atom stereocenters. The van der Waals surface area contributed by atoms with Crippen LogP contribution in [0, 0.1) is 0 Å². The average Bonchev–Trinajstić information content (AvgIpc) is 2.59. The molecule has 0 aromatic heterocycles. The Kier molecular flexibility index (Phi) is 4.39. The minimum Gasteiger partial charge on any atom is -0.396 e. The average molecular weight is 200 g/mol. The molecule has 1 fully saturated rings. The maximum Gasteiger partial charge on any atom is 0.242 e. The van der Waals surface area contributed by atoms with E-state index < -0.39 is 0 Å². The van der Waals surface area contributed by atoms with E-state index in [0.717, 1.165) is 6.42 Å². The normalized spacial score (nSPS) is 20.6. The fraction of sp³-hybridized carbons (Fsp3) is 0.778. The Morgan fingerprint density at radius 1 is 1.57 bits per heavy atom. The predicted molar refractivity (Wildman–Crippen MR) is 50.5 cm³/mol. The zero-order valence-electron chi connectivity index (χ0n) is 8.08. The fourth-order valence-electron chi connectivity index (χ4n) is 1.38. The number of carbonyl (C=O) groups excluding carboxylic acids is 2. The Hall–Kier alpha value is -1.10. The third-order valence-electron chi connectivity index (χ3n) is 2.20. The van der Waals surface area contributed by atoms with Crippen molar-refractivity contribution in [1.82, 2.24) is 10.6 Å². The lowest BCUT2D eigenvalue weighted by atomic mass is 10.2. The monoisotopic (exact) mass is 200 g/mol. The molecule has 0 bridgehead atoms. The van der Waals surface area contributed by atoms with Crippen molar-refractivity contribution in [3.05, 3.63) is 0 Å². The largest absolute Gasteiger partial charge is 0.396 e. The van der Waals surface area contributed by atoms with Crippen molar-refractivity contribution in [2.45, 2.75) is 31.7 Å². The van der Waals surface area contributed by atoms with E-state index in [1.165, 1.54) is 0 Å². The quantitative estimate of drug-likeness (QED) is 0.506. The van der Waals surface area contributed by atoms with Crippen LogP contribution in [0.3, 0.4) is 0 Å². The number of aliphatic hydroxyl groups excluding tert-OH is 1. The molecule has 1 aliphatic heterocycles. The molecule has 0 aromatic rings. The number of unbranched alkanes of at least 4 members (excludes halogenated alkanes) is 1. The van der Waals surface area contributed by atoms with Gasteiger partial charge >= 0.3 is 0 Å². The van der Waals surface area contributed by atoms with Gasteiger partial charge in [0.15, 0.2) is 0 Å². The van der Waals surface area contributed by atoms with Crippen molar-refractivity contribution >= 4 is 11.8 Å². The van der Waals surface area contributed by atoms with Crippen molar-refractivity contribution in [3.63, 3.8) is 0 Å². The molecule has 1 heterocycles. The molecular weight excluding hydrogens is 184 g/mol. The van der Waals surface area contributed by atoms with Crippen LogP contribution >= 0.6 is 0 Å². The first kappa shape index (κ1) is 11.0. The zero-order chi connectivity index (χ0) is 10.4. The van der Waals surface area contributed by atoms with Crippen LogP contribution in [-0.2, 0) is 9.59 Å². The number of rotatable bonds is 5. The third kappa shape index (κ3) is 3.33. The smallest absolute Gasteiger partial charge is 0.242 e. The van der Waals surface area contributed by atoms with Gasteiger partial charge in [-0.05, 0) is 19.3 Å². The Morgan fingerprint density at radius 3 is 2.93 bits per heavy atom. The molecule has 1 rings (SSSR count). The van der Waals surface area contributed by atoms with Crippen molar-refractivity contribution in [1.29, 1.82) is 0 Å².